The molecule has 106 valence electrons. The Bertz CT molecular complexity index is 602. The smallest absolute Gasteiger partial charge is 0.143 e. The minimum atomic E-state index is -0.587. The predicted octanol–water partition coefficient (Wildman–Crippen LogP) is 4.49. The molecule has 2 rings (SSSR count). The van der Waals surface area contributed by atoms with Gasteiger partial charge in [0.05, 0.1) is 4.47 Å². The number of nitrogens with two attached hydrogens (primary N) is 1. The average molecular weight is 361 g/mol. The molecule has 2 aromatic carbocycles. The Balaban J connectivity index is 2.10. The van der Waals surface area contributed by atoms with Crippen LogP contribution in [0.2, 0.25) is 5.02 Å². The molecular formula is C15H13BrClF2N. The van der Waals surface area contributed by atoms with Crippen LogP contribution in [0.3, 0.4) is 0 Å². The molecule has 2 N–H and O–H groups in total. The Morgan fingerprint density at radius 3 is 2.35 bits per heavy atom. The van der Waals surface area contributed by atoms with Crippen LogP contribution in [-0.2, 0) is 12.8 Å². The van der Waals surface area contributed by atoms with Gasteiger partial charge in [-0.3, -0.25) is 0 Å². The summed E-state index contributed by atoms with van der Waals surface area (Å²) >= 11 is 8.85. The molecule has 0 aliphatic heterocycles. The van der Waals surface area contributed by atoms with E-state index in [2.05, 4.69) is 15.9 Å². The number of halogens is 4. The Hall–Kier alpha value is -0.970. The first-order valence-electron chi connectivity index (χ1n) is 6.09. The van der Waals surface area contributed by atoms with Gasteiger partial charge in [0.2, 0.25) is 0 Å². The van der Waals surface area contributed by atoms with E-state index in [1.807, 2.05) is 12.1 Å². The van der Waals surface area contributed by atoms with Gasteiger partial charge in [0.1, 0.15) is 11.6 Å². The molecule has 0 heterocycles. The normalized spacial score (nSPS) is 12.4. The lowest BCUT2D eigenvalue weighted by Gasteiger charge is -2.13. The Morgan fingerprint density at radius 2 is 1.70 bits per heavy atom. The highest BCUT2D eigenvalue weighted by Gasteiger charge is 2.16. The standard InChI is InChI=1S/C15H13BrClF2N/c16-13-5-6-14(18)12(15(13)19)8-11(20)7-9-1-3-10(17)4-2-9/h1-6,11H,7-8,20H2. The summed E-state index contributed by atoms with van der Waals surface area (Å²) in [5.41, 5.74) is 6.98. The molecule has 0 aliphatic rings. The lowest BCUT2D eigenvalue weighted by Crippen LogP contribution is -2.26. The van der Waals surface area contributed by atoms with Gasteiger partial charge in [0, 0.05) is 16.6 Å². The van der Waals surface area contributed by atoms with Crippen molar-refractivity contribution in [2.24, 2.45) is 5.73 Å². The van der Waals surface area contributed by atoms with Crippen LogP contribution in [0.4, 0.5) is 8.78 Å². The highest BCUT2D eigenvalue weighted by Crippen LogP contribution is 2.23. The van der Waals surface area contributed by atoms with Crippen molar-refractivity contribution in [3.05, 3.63) is 68.7 Å². The van der Waals surface area contributed by atoms with E-state index in [4.69, 9.17) is 17.3 Å². The predicted molar refractivity (Wildman–Crippen MR) is 80.9 cm³/mol. The molecular weight excluding hydrogens is 348 g/mol. The summed E-state index contributed by atoms with van der Waals surface area (Å²) in [6.07, 6.45) is 0.669. The number of hydrogen-bond acceptors (Lipinski definition) is 1. The van der Waals surface area contributed by atoms with Crippen LogP contribution >= 0.6 is 27.5 Å². The van der Waals surface area contributed by atoms with Gasteiger partial charge in [-0.2, -0.15) is 0 Å². The molecule has 0 aliphatic carbocycles. The van der Waals surface area contributed by atoms with Crippen molar-refractivity contribution in [2.45, 2.75) is 18.9 Å². The van der Waals surface area contributed by atoms with E-state index in [0.717, 1.165) is 5.56 Å². The van der Waals surface area contributed by atoms with Gasteiger partial charge in [-0.1, -0.05) is 23.7 Å². The second-order valence-corrected chi connectivity index (χ2v) is 5.91. The second-order valence-electron chi connectivity index (χ2n) is 4.62. The Labute approximate surface area is 129 Å². The van der Waals surface area contributed by atoms with E-state index in [1.54, 1.807) is 12.1 Å². The lowest BCUT2D eigenvalue weighted by molar-refractivity contribution is 0.530. The maximum Gasteiger partial charge on any atom is 0.143 e. The molecule has 0 radical (unpaired) electrons. The van der Waals surface area contributed by atoms with Crippen molar-refractivity contribution in [1.29, 1.82) is 0 Å². The second kappa shape index (κ2) is 6.66. The van der Waals surface area contributed by atoms with Gasteiger partial charge in [-0.25, -0.2) is 8.78 Å². The molecule has 0 bridgehead atoms. The third-order valence-corrected chi connectivity index (χ3v) is 3.88. The SMILES string of the molecule is NC(Cc1ccc(Cl)cc1)Cc1c(F)ccc(Br)c1F. The van der Waals surface area contributed by atoms with Crippen LogP contribution < -0.4 is 5.73 Å². The quantitative estimate of drug-likeness (QED) is 0.799. The molecule has 2 aromatic rings. The molecule has 0 aromatic heterocycles. The number of benzene rings is 2. The van der Waals surface area contributed by atoms with Crippen LogP contribution in [0, 0.1) is 11.6 Å². The highest BCUT2D eigenvalue weighted by atomic mass is 79.9. The van der Waals surface area contributed by atoms with Crippen LogP contribution in [0.15, 0.2) is 40.9 Å². The van der Waals surface area contributed by atoms with Crippen LogP contribution in [0.1, 0.15) is 11.1 Å². The molecule has 0 saturated heterocycles. The van der Waals surface area contributed by atoms with Crippen molar-refractivity contribution in [1.82, 2.24) is 0 Å². The van der Waals surface area contributed by atoms with E-state index in [9.17, 15) is 8.78 Å². The molecule has 1 atom stereocenters. The number of rotatable bonds is 4. The minimum Gasteiger partial charge on any atom is -0.327 e. The fraction of sp³-hybridized carbons (Fsp3) is 0.200. The third kappa shape index (κ3) is 3.78. The van der Waals surface area contributed by atoms with E-state index in [-0.39, 0.29) is 22.5 Å². The molecule has 1 nitrogen and oxygen atoms in total. The largest absolute Gasteiger partial charge is 0.327 e. The van der Waals surface area contributed by atoms with Crippen molar-refractivity contribution >= 4 is 27.5 Å². The van der Waals surface area contributed by atoms with E-state index < -0.39 is 11.6 Å². The molecule has 20 heavy (non-hydrogen) atoms. The van der Waals surface area contributed by atoms with Crippen molar-refractivity contribution in [3.63, 3.8) is 0 Å². The van der Waals surface area contributed by atoms with Gasteiger partial charge in [0.25, 0.3) is 0 Å². The number of hydrogen-bond donors (Lipinski definition) is 1. The first-order chi connectivity index (χ1) is 9.47. The minimum absolute atomic E-state index is 0.0147. The zero-order valence-electron chi connectivity index (χ0n) is 10.5. The fourth-order valence-corrected chi connectivity index (χ4v) is 2.51. The maximum absolute atomic E-state index is 13.9. The summed E-state index contributed by atoms with van der Waals surface area (Å²) in [6.45, 7) is 0. The molecule has 0 spiro atoms. The van der Waals surface area contributed by atoms with E-state index in [0.29, 0.717) is 11.4 Å². The summed E-state index contributed by atoms with van der Waals surface area (Å²) < 4.78 is 27.7. The molecule has 0 fully saturated rings. The van der Waals surface area contributed by atoms with E-state index in [1.165, 1.54) is 12.1 Å². The monoisotopic (exact) mass is 359 g/mol. The maximum atomic E-state index is 13.9. The van der Waals surface area contributed by atoms with Gasteiger partial charge in [-0.15, -0.1) is 0 Å². The van der Waals surface area contributed by atoms with Gasteiger partial charge >= 0.3 is 0 Å². The van der Waals surface area contributed by atoms with E-state index >= 15 is 0 Å². The van der Waals surface area contributed by atoms with Crippen molar-refractivity contribution in [2.75, 3.05) is 0 Å². The van der Waals surface area contributed by atoms with Crippen molar-refractivity contribution < 1.29 is 8.78 Å². The average Bonchev–Trinajstić information content (AvgIpc) is 2.42. The molecule has 0 amide bonds. The Kier molecular flexibility index (Phi) is 5.13. The van der Waals surface area contributed by atoms with Crippen molar-refractivity contribution in [3.8, 4) is 0 Å². The zero-order valence-corrected chi connectivity index (χ0v) is 12.9. The summed E-state index contributed by atoms with van der Waals surface area (Å²) in [7, 11) is 0. The molecule has 5 heteroatoms. The van der Waals surface area contributed by atoms with Crippen LogP contribution in [0.5, 0.6) is 0 Å². The van der Waals surface area contributed by atoms with Crippen LogP contribution in [0.25, 0.3) is 0 Å². The van der Waals surface area contributed by atoms with Crippen LogP contribution in [-0.4, -0.2) is 6.04 Å². The Morgan fingerprint density at radius 1 is 1.05 bits per heavy atom. The van der Waals surface area contributed by atoms with Gasteiger partial charge < -0.3 is 5.73 Å². The summed E-state index contributed by atoms with van der Waals surface area (Å²) in [6, 6.07) is 9.46. The summed E-state index contributed by atoms with van der Waals surface area (Å²) in [5, 5.41) is 0.645. The molecule has 0 saturated carbocycles. The van der Waals surface area contributed by atoms with Gasteiger partial charge in [0.15, 0.2) is 0 Å². The fourth-order valence-electron chi connectivity index (χ4n) is 2.01. The van der Waals surface area contributed by atoms with Gasteiger partial charge in [-0.05, 0) is 58.6 Å². The molecule has 1 unspecified atom stereocenters. The summed E-state index contributed by atoms with van der Waals surface area (Å²) in [4.78, 5) is 0. The highest BCUT2D eigenvalue weighted by molar-refractivity contribution is 9.10. The summed E-state index contributed by atoms with van der Waals surface area (Å²) in [5.74, 6) is -1.16. The first kappa shape index (κ1) is 15.4. The first-order valence-corrected chi connectivity index (χ1v) is 7.27. The topological polar surface area (TPSA) is 26.0 Å². The third-order valence-electron chi connectivity index (χ3n) is 3.02. The zero-order chi connectivity index (χ0) is 14.7. The lowest BCUT2D eigenvalue weighted by atomic mass is 9.99.